The second kappa shape index (κ2) is 8.19. The fourth-order valence-corrected chi connectivity index (χ4v) is 2.91. The summed E-state index contributed by atoms with van der Waals surface area (Å²) in [6, 6.07) is 8.51. The van der Waals surface area contributed by atoms with Crippen molar-refractivity contribution in [1.82, 2.24) is 9.80 Å². The molecule has 1 aliphatic rings. The van der Waals surface area contributed by atoms with E-state index < -0.39 is 0 Å². The molecule has 3 nitrogen and oxygen atoms in total. The second-order valence-electron chi connectivity index (χ2n) is 6.15. The van der Waals surface area contributed by atoms with E-state index in [1.54, 1.807) is 0 Å². The average Bonchev–Trinajstić information content (AvgIpc) is 2.49. The number of benzene rings is 1. The van der Waals surface area contributed by atoms with Crippen molar-refractivity contribution in [3.8, 4) is 11.8 Å². The molecule has 0 bridgehead atoms. The first-order valence-corrected chi connectivity index (χ1v) is 7.82. The Labute approximate surface area is 129 Å². The van der Waals surface area contributed by atoms with E-state index in [9.17, 15) is 0 Å². The SMILES string of the molecule is CN1CCC(CN(C)Cc2ccc(C#CCN)cc2)CC1. The van der Waals surface area contributed by atoms with Crippen LogP contribution in [0.1, 0.15) is 24.0 Å². The Bertz CT molecular complexity index is 475. The maximum absolute atomic E-state index is 5.39. The Morgan fingerprint density at radius 2 is 1.90 bits per heavy atom. The van der Waals surface area contributed by atoms with Gasteiger partial charge in [0.15, 0.2) is 0 Å². The summed E-state index contributed by atoms with van der Waals surface area (Å²) in [5, 5.41) is 0. The van der Waals surface area contributed by atoms with E-state index in [1.807, 2.05) is 0 Å². The second-order valence-corrected chi connectivity index (χ2v) is 6.15. The first-order valence-electron chi connectivity index (χ1n) is 7.82. The van der Waals surface area contributed by atoms with Crippen LogP contribution < -0.4 is 5.73 Å². The van der Waals surface area contributed by atoms with Gasteiger partial charge >= 0.3 is 0 Å². The minimum atomic E-state index is 0.418. The van der Waals surface area contributed by atoms with Crippen LogP contribution in [0.3, 0.4) is 0 Å². The maximum atomic E-state index is 5.39. The Morgan fingerprint density at radius 3 is 2.52 bits per heavy atom. The van der Waals surface area contributed by atoms with Gasteiger partial charge in [0, 0.05) is 18.7 Å². The monoisotopic (exact) mass is 285 g/mol. The maximum Gasteiger partial charge on any atom is 0.0555 e. The van der Waals surface area contributed by atoms with Gasteiger partial charge in [-0.05, 0) is 63.6 Å². The minimum absolute atomic E-state index is 0.418. The van der Waals surface area contributed by atoms with Crippen molar-refractivity contribution < 1.29 is 0 Å². The summed E-state index contributed by atoms with van der Waals surface area (Å²) >= 11 is 0. The smallest absolute Gasteiger partial charge is 0.0555 e. The number of piperidine rings is 1. The molecule has 0 spiro atoms. The molecule has 0 radical (unpaired) electrons. The fraction of sp³-hybridized carbons (Fsp3) is 0.556. The molecule has 1 heterocycles. The Hall–Kier alpha value is -1.34. The topological polar surface area (TPSA) is 32.5 Å². The standard InChI is InChI=1S/C18H27N3/c1-20-12-9-18(10-13-20)15-21(2)14-17-7-5-16(6-8-17)4-3-11-19/h5-8,18H,9-15,19H2,1-2H3. The Kier molecular flexibility index (Phi) is 6.25. The molecule has 1 aromatic carbocycles. The van der Waals surface area contributed by atoms with Crippen LogP contribution in [0, 0.1) is 17.8 Å². The predicted octanol–water partition coefficient (Wildman–Crippen LogP) is 1.77. The van der Waals surface area contributed by atoms with Crippen molar-refractivity contribution in [1.29, 1.82) is 0 Å². The van der Waals surface area contributed by atoms with Crippen LogP contribution in [0.15, 0.2) is 24.3 Å². The molecule has 1 aliphatic heterocycles. The van der Waals surface area contributed by atoms with Crippen molar-refractivity contribution in [2.75, 3.05) is 40.3 Å². The zero-order chi connectivity index (χ0) is 15.1. The van der Waals surface area contributed by atoms with E-state index in [-0.39, 0.29) is 0 Å². The highest BCUT2D eigenvalue weighted by molar-refractivity contribution is 5.36. The molecule has 0 unspecified atom stereocenters. The van der Waals surface area contributed by atoms with Crippen molar-refractivity contribution >= 4 is 0 Å². The van der Waals surface area contributed by atoms with Crippen LogP contribution in [-0.4, -0.2) is 50.1 Å². The van der Waals surface area contributed by atoms with Gasteiger partial charge in [-0.25, -0.2) is 0 Å². The molecule has 2 N–H and O–H groups in total. The summed E-state index contributed by atoms with van der Waals surface area (Å²) in [6.45, 7) is 5.11. The summed E-state index contributed by atoms with van der Waals surface area (Å²) in [6.07, 6.45) is 2.66. The van der Waals surface area contributed by atoms with Gasteiger partial charge in [0.1, 0.15) is 0 Å². The molecule has 3 heteroatoms. The van der Waals surface area contributed by atoms with E-state index in [2.05, 4.69) is 60.0 Å². The summed E-state index contributed by atoms with van der Waals surface area (Å²) in [5.74, 6) is 6.80. The molecule has 0 atom stereocenters. The third-order valence-electron chi connectivity index (χ3n) is 4.15. The van der Waals surface area contributed by atoms with Gasteiger partial charge in [-0.2, -0.15) is 0 Å². The van der Waals surface area contributed by atoms with Crippen molar-refractivity contribution in [2.24, 2.45) is 11.7 Å². The van der Waals surface area contributed by atoms with Gasteiger partial charge in [0.05, 0.1) is 6.54 Å². The number of nitrogens with zero attached hydrogens (tertiary/aromatic N) is 2. The molecule has 0 amide bonds. The van der Waals surface area contributed by atoms with Gasteiger partial charge in [0.25, 0.3) is 0 Å². The number of hydrogen-bond donors (Lipinski definition) is 1. The molecule has 21 heavy (non-hydrogen) atoms. The number of nitrogens with two attached hydrogens (primary N) is 1. The van der Waals surface area contributed by atoms with Crippen LogP contribution >= 0.6 is 0 Å². The lowest BCUT2D eigenvalue weighted by atomic mass is 9.96. The van der Waals surface area contributed by atoms with Crippen LogP contribution in [0.2, 0.25) is 0 Å². The van der Waals surface area contributed by atoms with E-state index in [4.69, 9.17) is 5.73 Å². The lowest BCUT2D eigenvalue weighted by molar-refractivity contribution is 0.173. The molecule has 1 fully saturated rings. The first kappa shape index (κ1) is 16.0. The van der Waals surface area contributed by atoms with E-state index >= 15 is 0 Å². The van der Waals surface area contributed by atoms with E-state index in [1.165, 1.54) is 38.0 Å². The Morgan fingerprint density at radius 1 is 1.24 bits per heavy atom. The van der Waals surface area contributed by atoms with Gasteiger partial charge in [-0.3, -0.25) is 0 Å². The van der Waals surface area contributed by atoms with Gasteiger partial charge < -0.3 is 15.5 Å². The third-order valence-corrected chi connectivity index (χ3v) is 4.15. The molecule has 1 saturated heterocycles. The Balaban J connectivity index is 1.80. The van der Waals surface area contributed by atoms with E-state index in [0.29, 0.717) is 6.54 Å². The lowest BCUT2D eigenvalue weighted by Crippen LogP contribution is -2.35. The number of likely N-dealkylation sites (tertiary alicyclic amines) is 1. The predicted molar refractivity (Wildman–Crippen MR) is 88.9 cm³/mol. The molecule has 2 rings (SSSR count). The first-order chi connectivity index (χ1) is 10.2. The highest BCUT2D eigenvalue weighted by Gasteiger charge is 2.17. The molecular weight excluding hydrogens is 258 g/mol. The summed E-state index contributed by atoms with van der Waals surface area (Å²) in [7, 11) is 4.44. The lowest BCUT2D eigenvalue weighted by Gasteiger charge is -2.31. The molecule has 114 valence electrons. The zero-order valence-corrected chi connectivity index (χ0v) is 13.3. The molecule has 1 aromatic rings. The quantitative estimate of drug-likeness (QED) is 0.856. The van der Waals surface area contributed by atoms with Crippen molar-refractivity contribution in [2.45, 2.75) is 19.4 Å². The van der Waals surface area contributed by atoms with Crippen LogP contribution in [-0.2, 0) is 6.54 Å². The van der Waals surface area contributed by atoms with Gasteiger partial charge in [0.2, 0.25) is 0 Å². The summed E-state index contributed by atoms with van der Waals surface area (Å²) in [4.78, 5) is 4.87. The molecular formula is C18H27N3. The van der Waals surface area contributed by atoms with Crippen molar-refractivity contribution in [3.63, 3.8) is 0 Å². The third kappa shape index (κ3) is 5.51. The summed E-state index contributed by atoms with van der Waals surface area (Å²) in [5.41, 5.74) is 7.78. The molecule has 0 aromatic heterocycles. The highest BCUT2D eigenvalue weighted by atomic mass is 15.1. The molecule has 0 aliphatic carbocycles. The largest absolute Gasteiger partial charge is 0.320 e. The van der Waals surface area contributed by atoms with Gasteiger partial charge in [-0.15, -0.1) is 0 Å². The number of rotatable bonds is 4. The van der Waals surface area contributed by atoms with Crippen LogP contribution in [0.5, 0.6) is 0 Å². The van der Waals surface area contributed by atoms with Crippen LogP contribution in [0.4, 0.5) is 0 Å². The normalized spacial score (nSPS) is 16.8. The van der Waals surface area contributed by atoms with E-state index in [0.717, 1.165) is 18.0 Å². The average molecular weight is 285 g/mol. The van der Waals surface area contributed by atoms with Crippen LogP contribution in [0.25, 0.3) is 0 Å². The highest BCUT2D eigenvalue weighted by Crippen LogP contribution is 2.17. The fourth-order valence-electron chi connectivity index (χ4n) is 2.91. The zero-order valence-electron chi connectivity index (χ0n) is 13.3. The molecule has 0 saturated carbocycles. The summed E-state index contributed by atoms with van der Waals surface area (Å²) < 4.78 is 0. The van der Waals surface area contributed by atoms with Crippen molar-refractivity contribution in [3.05, 3.63) is 35.4 Å². The van der Waals surface area contributed by atoms with Gasteiger partial charge in [-0.1, -0.05) is 24.0 Å². The minimum Gasteiger partial charge on any atom is -0.320 e. The number of hydrogen-bond acceptors (Lipinski definition) is 3.